The van der Waals surface area contributed by atoms with E-state index in [4.69, 9.17) is 5.73 Å². The maximum Gasteiger partial charge on any atom is 0.223 e. The molecular weight excluding hydrogens is 230 g/mol. The predicted molar refractivity (Wildman–Crippen MR) is 70.5 cm³/mol. The molecule has 0 spiro atoms. The summed E-state index contributed by atoms with van der Waals surface area (Å²) in [5, 5.41) is 12.7. The summed E-state index contributed by atoms with van der Waals surface area (Å²) in [6.45, 7) is 1.08. The molecule has 18 heavy (non-hydrogen) atoms. The van der Waals surface area contributed by atoms with Crippen LogP contribution >= 0.6 is 0 Å². The fourth-order valence-corrected chi connectivity index (χ4v) is 2.44. The third-order valence-electron chi connectivity index (χ3n) is 3.54. The summed E-state index contributed by atoms with van der Waals surface area (Å²) in [6.07, 6.45) is 4.48. The Balaban J connectivity index is 1.83. The number of nitrogens with two attached hydrogens (primary N) is 1. The molecule has 1 aliphatic carbocycles. The van der Waals surface area contributed by atoms with Crippen molar-refractivity contribution in [2.75, 3.05) is 29.1 Å². The van der Waals surface area contributed by atoms with Crippen molar-refractivity contribution in [1.29, 1.82) is 0 Å². The highest BCUT2D eigenvalue weighted by atomic mass is 16.3. The number of aliphatic hydroxyl groups is 1. The van der Waals surface area contributed by atoms with Crippen LogP contribution in [-0.2, 0) is 0 Å². The van der Waals surface area contributed by atoms with Gasteiger partial charge in [0.2, 0.25) is 5.95 Å². The van der Waals surface area contributed by atoms with Crippen LogP contribution in [0.1, 0.15) is 25.7 Å². The van der Waals surface area contributed by atoms with E-state index < -0.39 is 0 Å². The van der Waals surface area contributed by atoms with Crippen molar-refractivity contribution < 1.29 is 5.11 Å². The first-order chi connectivity index (χ1) is 8.76. The average Bonchev–Trinajstić information content (AvgIpc) is 3.03. The average molecular weight is 249 g/mol. The second-order valence-corrected chi connectivity index (χ2v) is 5.06. The normalized spacial score (nSPS) is 23.4. The molecule has 4 N–H and O–H groups in total. The molecule has 2 aliphatic rings. The largest absolute Gasteiger partial charge is 0.394 e. The van der Waals surface area contributed by atoms with E-state index >= 15 is 0 Å². The number of nitrogen functional groups attached to an aromatic ring is 1. The minimum atomic E-state index is 0.160. The Hall–Kier alpha value is -1.56. The molecule has 0 aromatic carbocycles. The molecule has 0 bridgehead atoms. The zero-order valence-corrected chi connectivity index (χ0v) is 10.3. The molecule has 98 valence electrons. The highest BCUT2D eigenvalue weighted by Crippen LogP contribution is 2.28. The topological polar surface area (TPSA) is 87.3 Å². The van der Waals surface area contributed by atoms with Crippen LogP contribution in [0, 0.1) is 0 Å². The Kier molecular flexibility index (Phi) is 2.95. The van der Waals surface area contributed by atoms with Gasteiger partial charge in [0, 0.05) is 18.7 Å². The van der Waals surface area contributed by atoms with Crippen molar-refractivity contribution in [2.45, 2.75) is 37.8 Å². The second-order valence-electron chi connectivity index (χ2n) is 5.06. The standard InChI is InChI=1S/C12H19N5O/c13-12-15-10(14-8-3-4-8)6-11(16-12)17-5-1-2-9(17)7-18/h6,8-9,18H,1-5,7H2,(H3,13,14,15,16)/t9-/m1/s1. The summed E-state index contributed by atoms with van der Waals surface area (Å²) < 4.78 is 0. The summed E-state index contributed by atoms with van der Waals surface area (Å²) in [6, 6.07) is 2.63. The molecule has 1 aromatic rings. The van der Waals surface area contributed by atoms with Crippen LogP contribution in [0.3, 0.4) is 0 Å². The molecule has 6 nitrogen and oxygen atoms in total. The smallest absolute Gasteiger partial charge is 0.223 e. The lowest BCUT2D eigenvalue weighted by Crippen LogP contribution is -2.33. The van der Waals surface area contributed by atoms with Crippen LogP contribution in [0.15, 0.2) is 6.07 Å². The molecule has 1 saturated carbocycles. The quantitative estimate of drug-likeness (QED) is 0.724. The molecule has 1 atom stereocenters. The zero-order chi connectivity index (χ0) is 12.5. The van der Waals surface area contributed by atoms with Gasteiger partial charge in [-0.3, -0.25) is 0 Å². The van der Waals surface area contributed by atoms with Crippen LogP contribution in [-0.4, -0.2) is 40.3 Å². The monoisotopic (exact) mass is 249 g/mol. The first-order valence-electron chi connectivity index (χ1n) is 6.55. The number of nitrogens with one attached hydrogen (secondary N) is 1. The minimum Gasteiger partial charge on any atom is -0.394 e. The molecule has 1 aliphatic heterocycles. The lowest BCUT2D eigenvalue weighted by Gasteiger charge is -2.24. The van der Waals surface area contributed by atoms with Crippen LogP contribution in [0.5, 0.6) is 0 Å². The Labute approximate surface area is 106 Å². The third kappa shape index (κ3) is 2.33. The van der Waals surface area contributed by atoms with Crippen LogP contribution < -0.4 is 16.0 Å². The van der Waals surface area contributed by atoms with Crippen molar-refractivity contribution in [1.82, 2.24) is 9.97 Å². The molecule has 1 saturated heterocycles. The lowest BCUT2D eigenvalue weighted by atomic mass is 10.2. The van der Waals surface area contributed by atoms with Crippen molar-refractivity contribution in [3.63, 3.8) is 0 Å². The van der Waals surface area contributed by atoms with Gasteiger partial charge in [-0.05, 0) is 25.7 Å². The van der Waals surface area contributed by atoms with Gasteiger partial charge in [0.15, 0.2) is 0 Å². The molecule has 2 heterocycles. The molecule has 6 heteroatoms. The number of aromatic nitrogens is 2. The van der Waals surface area contributed by atoms with Gasteiger partial charge in [-0.25, -0.2) is 0 Å². The van der Waals surface area contributed by atoms with Crippen molar-refractivity contribution in [3.05, 3.63) is 6.07 Å². The van der Waals surface area contributed by atoms with E-state index in [0.29, 0.717) is 12.0 Å². The predicted octanol–water partition coefficient (Wildman–Crippen LogP) is 0.594. The maximum absolute atomic E-state index is 9.36. The van der Waals surface area contributed by atoms with Gasteiger partial charge in [0.25, 0.3) is 0 Å². The number of anilines is 3. The second kappa shape index (κ2) is 4.61. The lowest BCUT2D eigenvalue weighted by molar-refractivity contribution is 0.266. The minimum absolute atomic E-state index is 0.160. The van der Waals surface area contributed by atoms with E-state index in [0.717, 1.165) is 31.0 Å². The third-order valence-corrected chi connectivity index (χ3v) is 3.54. The Morgan fingerprint density at radius 2 is 2.22 bits per heavy atom. The highest BCUT2D eigenvalue weighted by molar-refractivity contribution is 5.54. The molecule has 0 radical (unpaired) electrons. The Bertz CT molecular complexity index is 434. The van der Waals surface area contributed by atoms with Gasteiger partial charge >= 0.3 is 0 Å². The summed E-state index contributed by atoms with van der Waals surface area (Å²) >= 11 is 0. The zero-order valence-electron chi connectivity index (χ0n) is 10.3. The Morgan fingerprint density at radius 1 is 1.39 bits per heavy atom. The summed E-state index contributed by atoms with van der Waals surface area (Å²) in [5.74, 6) is 1.91. The molecule has 3 rings (SSSR count). The number of aliphatic hydroxyl groups excluding tert-OH is 1. The van der Waals surface area contributed by atoms with Crippen LogP contribution in [0.4, 0.5) is 17.6 Å². The Morgan fingerprint density at radius 3 is 2.94 bits per heavy atom. The van der Waals surface area contributed by atoms with E-state index in [1.807, 2.05) is 6.07 Å². The molecular formula is C12H19N5O. The van der Waals surface area contributed by atoms with Crippen molar-refractivity contribution in [3.8, 4) is 0 Å². The van der Waals surface area contributed by atoms with Crippen LogP contribution in [0.25, 0.3) is 0 Å². The summed E-state index contributed by atoms with van der Waals surface area (Å²) in [5.41, 5.74) is 5.76. The van der Waals surface area contributed by atoms with Crippen molar-refractivity contribution in [2.24, 2.45) is 0 Å². The molecule has 2 fully saturated rings. The fraction of sp³-hybridized carbons (Fsp3) is 0.667. The van der Waals surface area contributed by atoms with Gasteiger partial charge < -0.3 is 21.1 Å². The van der Waals surface area contributed by atoms with E-state index in [2.05, 4.69) is 20.2 Å². The molecule has 0 unspecified atom stereocenters. The highest BCUT2D eigenvalue weighted by Gasteiger charge is 2.26. The van der Waals surface area contributed by atoms with Crippen LogP contribution in [0.2, 0.25) is 0 Å². The molecule has 1 aromatic heterocycles. The van der Waals surface area contributed by atoms with E-state index in [1.165, 1.54) is 12.8 Å². The van der Waals surface area contributed by atoms with E-state index in [-0.39, 0.29) is 12.6 Å². The first kappa shape index (κ1) is 11.5. The summed E-state index contributed by atoms with van der Waals surface area (Å²) in [4.78, 5) is 10.6. The number of hydrogen-bond donors (Lipinski definition) is 3. The fourth-order valence-electron chi connectivity index (χ4n) is 2.44. The van der Waals surface area contributed by atoms with E-state index in [1.54, 1.807) is 0 Å². The number of hydrogen-bond acceptors (Lipinski definition) is 6. The van der Waals surface area contributed by atoms with Gasteiger partial charge in [-0.15, -0.1) is 0 Å². The van der Waals surface area contributed by atoms with Gasteiger partial charge in [-0.1, -0.05) is 0 Å². The van der Waals surface area contributed by atoms with Crippen molar-refractivity contribution >= 4 is 17.6 Å². The van der Waals surface area contributed by atoms with Gasteiger partial charge in [-0.2, -0.15) is 9.97 Å². The van der Waals surface area contributed by atoms with E-state index in [9.17, 15) is 5.11 Å². The molecule has 0 amide bonds. The number of nitrogens with zero attached hydrogens (tertiary/aromatic N) is 3. The first-order valence-corrected chi connectivity index (χ1v) is 6.55. The number of rotatable bonds is 4. The SMILES string of the molecule is Nc1nc(NC2CC2)cc(N2CCC[C@@H]2CO)n1. The van der Waals surface area contributed by atoms with Gasteiger partial charge in [0.1, 0.15) is 11.6 Å². The summed E-state index contributed by atoms with van der Waals surface area (Å²) in [7, 11) is 0. The maximum atomic E-state index is 9.36. The van der Waals surface area contributed by atoms with Gasteiger partial charge in [0.05, 0.1) is 12.6 Å².